The number of hydrogen-bond donors (Lipinski definition) is 1. The van der Waals surface area contributed by atoms with Gasteiger partial charge in [0.25, 0.3) is 0 Å². The Labute approximate surface area is 152 Å². The number of nitrogens with zero attached hydrogens (tertiary/aromatic N) is 4. The minimum absolute atomic E-state index is 0.844. The quantitative estimate of drug-likeness (QED) is 0.455. The highest BCUT2D eigenvalue weighted by molar-refractivity contribution is 5.79. The van der Waals surface area contributed by atoms with Crippen LogP contribution in [0.15, 0.2) is 53.7 Å². The molecule has 0 bridgehead atoms. The Bertz CT molecular complexity index is 647. The number of benzene rings is 1. The fourth-order valence-electron chi connectivity index (χ4n) is 2.89. The van der Waals surface area contributed by atoms with Crippen molar-refractivity contribution in [2.75, 3.05) is 34.2 Å². The second-order valence-electron chi connectivity index (χ2n) is 6.52. The third kappa shape index (κ3) is 6.27. The molecule has 0 aliphatic heterocycles. The van der Waals surface area contributed by atoms with E-state index in [2.05, 4.69) is 94.5 Å². The van der Waals surface area contributed by atoms with Gasteiger partial charge in [0.1, 0.15) is 0 Å². The molecule has 5 heteroatoms. The highest BCUT2D eigenvalue weighted by atomic mass is 15.3. The Morgan fingerprint density at radius 1 is 1.08 bits per heavy atom. The summed E-state index contributed by atoms with van der Waals surface area (Å²) in [5, 5.41) is 3.46. The largest absolute Gasteiger partial charge is 0.356 e. The zero-order valence-corrected chi connectivity index (χ0v) is 15.9. The monoisotopic (exact) mass is 341 g/mol. The summed E-state index contributed by atoms with van der Waals surface area (Å²) in [5.41, 5.74) is 2.63. The summed E-state index contributed by atoms with van der Waals surface area (Å²) in [6.07, 6.45) is 3.16. The Balaban J connectivity index is 1.69. The predicted octanol–water partition coefficient (Wildman–Crippen LogP) is 2.55. The molecule has 0 aliphatic rings. The maximum absolute atomic E-state index is 4.39. The first-order chi connectivity index (χ1) is 12.1. The fraction of sp³-hybridized carbons (Fsp3) is 0.450. The van der Waals surface area contributed by atoms with E-state index < -0.39 is 0 Å². The van der Waals surface area contributed by atoms with Crippen LogP contribution < -0.4 is 5.32 Å². The lowest BCUT2D eigenvalue weighted by atomic mass is 10.2. The first-order valence-corrected chi connectivity index (χ1v) is 8.84. The van der Waals surface area contributed by atoms with Gasteiger partial charge in [0.05, 0.1) is 6.54 Å². The van der Waals surface area contributed by atoms with Crippen LogP contribution in [0.25, 0.3) is 0 Å². The van der Waals surface area contributed by atoms with E-state index in [-0.39, 0.29) is 0 Å². The predicted molar refractivity (Wildman–Crippen MR) is 106 cm³/mol. The summed E-state index contributed by atoms with van der Waals surface area (Å²) in [6, 6.07) is 14.8. The summed E-state index contributed by atoms with van der Waals surface area (Å²) < 4.78 is 2.14. The summed E-state index contributed by atoms with van der Waals surface area (Å²) in [6.45, 7) is 3.81. The first kappa shape index (κ1) is 19.1. The van der Waals surface area contributed by atoms with E-state index in [0.717, 1.165) is 38.6 Å². The Morgan fingerprint density at radius 3 is 2.48 bits per heavy atom. The number of aryl methyl sites for hydroxylation is 1. The molecule has 0 radical (unpaired) electrons. The van der Waals surface area contributed by atoms with Crippen LogP contribution in [0.5, 0.6) is 0 Å². The van der Waals surface area contributed by atoms with Gasteiger partial charge in [0.15, 0.2) is 5.96 Å². The average Bonchev–Trinajstić information content (AvgIpc) is 3.00. The number of guanidine groups is 1. The van der Waals surface area contributed by atoms with E-state index in [4.69, 9.17) is 0 Å². The molecule has 0 aliphatic carbocycles. The second kappa shape index (κ2) is 9.89. The molecule has 0 unspecified atom stereocenters. The lowest BCUT2D eigenvalue weighted by Gasteiger charge is -2.23. The molecule has 5 nitrogen and oxygen atoms in total. The van der Waals surface area contributed by atoms with Gasteiger partial charge in [-0.05, 0) is 37.7 Å². The molecule has 1 aromatic heterocycles. The van der Waals surface area contributed by atoms with Crippen molar-refractivity contribution in [3.05, 3.63) is 59.9 Å². The van der Waals surface area contributed by atoms with Gasteiger partial charge < -0.3 is 19.7 Å². The van der Waals surface area contributed by atoms with Crippen LogP contribution in [0.4, 0.5) is 0 Å². The SMILES string of the molecule is CN=C(NCCCN(C)Cc1ccccc1)N(C)Cc1cccn1C. The van der Waals surface area contributed by atoms with Gasteiger partial charge in [-0.15, -0.1) is 0 Å². The van der Waals surface area contributed by atoms with Crippen LogP contribution in [0.2, 0.25) is 0 Å². The maximum Gasteiger partial charge on any atom is 0.193 e. The number of hydrogen-bond acceptors (Lipinski definition) is 2. The minimum atomic E-state index is 0.844. The molecule has 0 saturated carbocycles. The van der Waals surface area contributed by atoms with Crippen LogP contribution in [0.3, 0.4) is 0 Å². The fourth-order valence-corrected chi connectivity index (χ4v) is 2.89. The van der Waals surface area contributed by atoms with Crippen LogP contribution in [-0.2, 0) is 20.1 Å². The Hall–Kier alpha value is -2.27. The van der Waals surface area contributed by atoms with E-state index in [1.165, 1.54) is 11.3 Å². The van der Waals surface area contributed by atoms with Crippen molar-refractivity contribution in [1.82, 2.24) is 19.7 Å². The van der Waals surface area contributed by atoms with Crippen molar-refractivity contribution in [3.63, 3.8) is 0 Å². The van der Waals surface area contributed by atoms with Crippen molar-refractivity contribution in [3.8, 4) is 0 Å². The number of aliphatic imine (C=N–C) groups is 1. The van der Waals surface area contributed by atoms with E-state index >= 15 is 0 Å². The smallest absolute Gasteiger partial charge is 0.193 e. The molecule has 0 fully saturated rings. The van der Waals surface area contributed by atoms with E-state index in [0.29, 0.717) is 0 Å². The summed E-state index contributed by atoms with van der Waals surface area (Å²) >= 11 is 0. The molecule has 0 amide bonds. The van der Waals surface area contributed by atoms with Crippen molar-refractivity contribution in [2.24, 2.45) is 12.0 Å². The Morgan fingerprint density at radius 2 is 1.84 bits per heavy atom. The van der Waals surface area contributed by atoms with Gasteiger partial charge in [-0.2, -0.15) is 0 Å². The molecule has 0 atom stereocenters. The molecular weight excluding hydrogens is 310 g/mol. The molecule has 0 saturated heterocycles. The van der Waals surface area contributed by atoms with Gasteiger partial charge in [0.2, 0.25) is 0 Å². The Kier molecular flexibility index (Phi) is 7.54. The summed E-state index contributed by atoms with van der Waals surface area (Å²) in [4.78, 5) is 8.90. The van der Waals surface area contributed by atoms with Gasteiger partial charge in [0, 0.05) is 46.1 Å². The molecule has 1 heterocycles. The third-order valence-corrected chi connectivity index (χ3v) is 4.32. The molecular formula is C20H31N5. The van der Waals surface area contributed by atoms with Crippen molar-refractivity contribution in [2.45, 2.75) is 19.5 Å². The topological polar surface area (TPSA) is 35.8 Å². The molecule has 1 N–H and O–H groups in total. The van der Waals surface area contributed by atoms with Gasteiger partial charge in [-0.3, -0.25) is 4.99 Å². The lowest BCUT2D eigenvalue weighted by Crippen LogP contribution is -2.39. The number of aromatic nitrogens is 1. The van der Waals surface area contributed by atoms with Gasteiger partial charge >= 0.3 is 0 Å². The molecule has 25 heavy (non-hydrogen) atoms. The van der Waals surface area contributed by atoms with Crippen molar-refractivity contribution in [1.29, 1.82) is 0 Å². The van der Waals surface area contributed by atoms with Gasteiger partial charge in [-0.25, -0.2) is 0 Å². The first-order valence-electron chi connectivity index (χ1n) is 8.84. The minimum Gasteiger partial charge on any atom is -0.356 e. The summed E-state index contributed by atoms with van der Waals surface area (Å²) in [5.74, 6) is 0.937. The van der Waals surface area contributed by atoms with E-state index in [9.17, 15) is 0 Å². The van der Waals surface area contributed by atoms with E-state index in [1.807, 2.05) is 7.05 Å². The number of nitrogens with one attached hydrogen (secondary N) is 1. The zero-order chi connectivity index (χ0) is 18.1. The molecule has 2 rings (SSSR count). The van der Waals surface area contributed by atoms with Crippen molar-refractivity contribution >= 4 is 5.96 Å². The second-order valence-corrected chi connectivity index (χ2v) is 6.52. The molecule has 2 aromatic rings. The highest BCUT2D eigenvalue weighted by Gasteiger charge is 2.08. The zero-order valence-electron chi connectivity index (χ0n) is 15.9. The third-order valence-electron chi connectivity index (χ3n) is 4.32. The highest BCUT2D eigenvalue weighted by Crippen LogP contribution is 2.04. The molecule has 136 valence electrons. The normalized spacial score (nSPS) is 11.8. The van der Waals surface area contributed by atoms with Crippen LogP contribution in [0, 0.1) is 0 Å². The molecule has 0 spiro atoms. The number of rotatable bonds is 8. The van der Waals surface area contributed by atoms with Crippen LogP contribution >= 0.6 is 0 Å². The standard InChI is InChI=1S/C20H31N5/c1-21-20(25(4)17-19-12-8-15-24(19)3)22-13-9-14-23(2)16-18-10-6-5-7-11-18/h5-8,10-12,15H,9,13-14,16-17H2,1-4H3,(H,21,22). The lowest BCUT2D eigenvalue weighted by molar-refractivity contribution is 0.321. The average molecular weight is 342 g/mol. The summed E-state index contributed by atoms with van der Waals surface area (Å²) in [7, 11) is 8.15. The van der Waals surface area contributed by atoms with Crippen LogP contribution in [0.1, 0.15) is 17.7 Å². The molecule has 1 aromatic carbocycles. The van der Waals surface area contributed by atoms with Crippen LogP contribution in [-0.4, -0.2) is 54.6 Å². The van der Waals surface area contributed by atoms with Crippen molar-refractivity contribution < 1.29 is 0 Å². The van der Waals surface area contributed by atoms with Gasteiger partial charge in [-0.1, -0.05) is 30.3 Å². The maximum atomic E-state index is 4.39. The van der Waals surface area contributed by atoms with E-state index in [1.54, 1.807) is 0 Å².